The van der Waals surface area contributed by atoms with Gasteiger partial charge in [-0.05, 0) is 41.6 Å². The summed E-state index contributed by atoms with van der Waals surface area (Å²) >= 11 is 0. The molecular formula is C21H15N3. The summed E-state index contributed by atoms with van der Waals surface area (Å²) in [6.45, 7) is 2.07. The van der Waals surface area contributed by atoms with Crippen LogP contribution in [-0.2, 0) is 0 Å². The van der Waals surface area contributed by atoms with Crippen molar-refractivity contribution in [1.29, 1.82) is 5.26 Å². The van der Waals surface area contributed by atoms with Crippen molar-refractivity contribution in [2.45, 2.75) is 6.92 Å². The molecule has 0 radical (unpaired) electrons. The zero-order valence-electron chi connectivity index (χ0n) is 13.2. The summed E-state index contributed by atoms with van der Waals surface area (Å²) in [6.07, 6.45) is 7.49. The van der Waals surface area contributed by atoms with Gasteiger partial charge in [0.15, 0.2) is 0 Å². The van der Waals surface area contributed by atoms with Crippen LogP contribution in [0.15, 0.2) is 61.1 Å². The van der Waals surface area contributed by atoms with Crippen LogP contribution in [0.4, 0.5) is 0 Å². The van der Waals surface area contributed by atoms with Gasteiger partial charge >= 0.3 is 0 Å². The quantitative estimate of drug-likeness (QED) is 0.524. The SMILES string of the molecule is Cc1cccc2[nH]cc(/C(C#N)=C/c3cccc4cnccc34)c12. The molecule has 0 unspecified atom stereocenters. The largest absolute Gasteiger partial charge is 0.361 e. The highest BCUT2D eigenvalue weighted by atomic mass is 14.7. The summed E-state index contributed by atoms with van der Waals surface area (Å²) in [5.41, 5.74) is 4.83. The van der Waals surface area contributed by atoms with Crippen LogP contribution < -0.4 is 0 Å². The summed E-state index contributed by atoms with van der Waals surface area (Å²) in [6, 6.07) is 16.5. The molecule has 0 spiro atoms. The van der Waals surface area contributed by atoms with E-state index in [1.54, 1.807) is 6.20 Å². The Hall–Kier alpha value is -3.38. The van der Waals surface area contributed by atoms with Crippen LogP contribution in [0.2, 0.25) is 0 Å². The number of H-pyrrole nitrogens is 1. The van der Waals surface area contributed by atoms with E-state index in [0.29, 0.717) is 5.57 Å². The van der Waals surface area contributed by atoms with Crippen LogP contribution in [-0.4, -0.2) is 9.97 Å². The molecule has 0 amide bonds. The molecule has 0 saturated heterocycles. The molecule has 2 aromatic carbocycles. The van der Waals surface area contributed by atoms with E-state index in [4.69, 9.17) is 0 Å². The lowest BCUT2D eigenvalue weighted by Gasteiger charge is -2.04. The van der Waals surface area contributed by atoms with Crippen LogP contribution in [0.3, 0.4) is 0 Å². The smallest absolute Gasteiger partial charge is 0.0998 e. The van der Waals surface area contributed by atoms with E-state index in [1.807, 2.05) is 54.9 Å². The van der Waals surface area contributed by atoms with Crippen LogP contribution >= 0.6 is 0 Å². The number of fused-ring (bicyclic) bond motifs is 2. The van der Waals surface area contributed by atoms with Crippen molar-refractivity contribution in [2.24, 2.45) is 0 Å². The number of aromatic amines is 1. The number of hydrogen-bond acceptors (Lipinski definition) is 2. The molecule has 3 heteroatoms. The fourth-order valence-electron chi connectivity index (χ4n) is 3.18. The maximum atomic E-state index is 9.74. The molecule has 3 nitrogen and oxygen atoms in total. The standard InChI is InChI=1S/C21H15N3/c1-14-4-2-7-20-21(14)19(13-24-20)17(11-22)10-15-5-3-6-16-12-23-9-8-18(15)16/h2-10,12-13,24H,1H3/b17-10+. The predicted octanol–water partition coefficient (Wildman–Crippen LogP) is 5.09. The van der Waals surface area contributed by atoms with Gasteiger partial charge in [0, 0.05) is 40.4 Å². The molecule has 0 atom stereocenters. The molecule has 0 saturated carbocycles. The molecule has 2 aromatic heterocycles. The Bertz CT molecular complexity index is 1120. The zero-order chi connectivity index (χ0) is 16.5. The Morgan fingerprint density at radius 1 is 1.17 bits per heavy atom. The maximum absolute atomic E-state index is 9.74. The first kappa shape index (κ1) is 14.2. The number of hydrogen-bond donors (Lipinski definition) is 1. The summed E-state index contributed by atoms with van der Waals surface area (Å²) in [7, 11) is 0. The fourth-order valence-corrected chi connectivity index (χ4v) is 3.18. The van der Waals surface area contributed by atoms with E-state index in [9.17, 15) is 5.26 Å². The molecule has 24 heavy (non-hydrogen) atoms. The second kappa shape index (κ2) is 5.68. The van der Waals surface area contributed by atoms with Crippen molar-refractivity contribution in [3.05, 3.63) is 77.7 Å². The lowest BCUT2D eigenvalue weighted by atomic mass is 9.98. The minimum absolute atomic E-state index is 0.653. The second-order valence-corrected chi connectivity index (χ2v) is 5.81. The molecule has 0 aliphatic carbocycles. The lowest BCUT2D eigenvalue weighted by Crippen LogP contribution is -1.85. The monoisotopic (exact) mass is 309 g/mol. The lowest BCUT2D eigenvalue weighted by molar-refractivity contribution is 1.36. The molecule has 2 heterocycles. The van der Waals surface area contributed by atoms with Crippen LogP contribution in [0.1, 0.15) is 16.7 Å². The van der Waals surface area contributed by atoms with Crippen molar-refractivity contribution in [3.63, 3.8) is 0 Å². The summed E-state index contributed by atoms with van der Waals surface area (Å²) in [5, 5.41) is 13.0. The van der Waals surface area contributed by atoms with Gasteiger partial charge in [0.05, 0.1) is 11.6 Å². The highest BCUT2D eigenvalue weighted by Crippen LogP contribution is 2.30. The van der Waals surface area contributed by atoms with Gasteiger partial charge in [-0.1, -0.05) is 30.3 Å². The number of aromatic nitrogens is 2. The molecule has 114 valence electrons. The number of allylic oxidation sites excluding steroid dienone is 1. The van der Waals surface area contributed by atoms with Gasteiger partial charge in [0.1, 0.15) is 0 Å². The van der Waals surface area contributed by atoms with Crippen molar-refractivity contribution >= 4 is 33.3 Å². The van der Waals surface area contributed by atoms with E-state index in [1.165, 1.54) is 0 Å². The van der Waals surface area contributed by atoms with Gasteiger partial charge in [-0.25, -0.2) is 0 Å². The van der Waals surface area contributed by atoms with E-state index in [0.717, 1.165) is 38.4 Å². The Balaban J connectivity index is 1.95. The molecule has 1 N–H and O–H groups in total. The first-order valence-electron chi connectivity index (χ1n) is 7.79. The maximum Gasteiger partial charge on any atom is 0.0998 e. The zero-order valence-corrected chi connectivity index (χ0v) is 13.2. The number of nitrogens with one attached hydrogen (secondary N) is 1. The molecule has 0 fully saturated rings. The van der Waals surface area contributed by atoms with Gasteiger partial charge < -0.3 is 4.98 Å². The third-order valence-electron chi connectivity index (χ3n) is 4.34. The van der Waals surface area contributed by atoms with Gasteiger partial charge in [-0.3, -0.25) is 4.98 Å². The summed E-state index contributed by atoms with van der Waals surface area (Å²) in [4.78, 5) is 7.43. The molecular weight excluding hydrogens is 294 g/mol. The van der Waals surface area contributed by atoms with E-state index < -0.39 is 0 Å². The van der Waals surface area contributed by atoms with Crippen molar-refractivity contribution in [3.8, 4) is 6.07 Å². The number of benzene rings is 2. The number of rotatable bonds is 2. The van der Waals surface area contributed by atoms with Crippen LogP contribution in [0, 0.1) is 18.3 Å². The predicted molar refractivity (Wildman–Crippen MR) is 98.3 cm³/mol. The van der Waals surface area contributed by atoms with Crippen LogP contribution in [0.5, 0.6) is 0 Å². The van der Waals surface area contributed by atoms with Gasteiger partial charge in [0.2, 0.25) is 0 Å². The average Bonchev–Trinajstić information content (AvgIpc) is 3.05. The number of pyridine rings is 1. The van der Waals surface area contributed by atoms with E-state index >= 15 is 0 Å². The molecule has 0 aliphatic heterocycles. The molecule has 4 aromatic rings. The minimum atomic E-state index is 0.653. The average molecular weight is 309 g/mol. The highest BCUT2D eigenvalue weighted by molar-refractivity contribution is 6.05. The molecule has 0 aliphatic rings. The number of aryl methyl sites for hydroxylation is 1. The Kier molecular flexibility index (Phi) is 3.36. The highest BCUT2D eigenvalue weighted by Gasteiger charge is 2.11. The Morgan fingerprint density at radius 2 is 2.04 bits per heavy atom. The Morgan fingerprint density at radius 3 is 2.92 bits per heavy atom. The van der Waals surface area contributed by atoms with Gasteiger partial charge in [-0.15, -0.1) is 0 Å². The normalized spacial score (nSPS) is 11.8. The molecule has 0 bridgehead atoms. The van der Waals surface area contributed by atoms with E-state index in [-0.39, 0.29) is 0 Å². The summed E-state index contributed by atoms with van der Waals surface area (Å²) < 4.78 is 0. The van der Waals surface area contributed by atoms with Crippen molar-refractivity contribution in [2.75, 3.05) is 0 Å². The first-order chi connectivity index (χ1) is 11.8. The second-order valence-electron chi connectivity index (χ2n) is 5.81. The topological polar surface area (TPSA) is 52.5 Å². The van der Waals surface area contributed by atoms with Crippen molar-refractivity contribution in [1.82, 2.24) is 9.97 Å². The fraction of sp³-hybridized carbons (Fsp3) is 0.0476. The first-order valence-corrected chi connectivity index (χ1v) is 7.79. The summed E-state index contributed by atoms with van der Waals surface area (Å²) in [5.74, 6) is 0. The number of nitrogens with zero attached hydrogens (tertiary/aromatic N) is 2. The van der Waals surface area contributed by atoms with E-state index in [2.05, 4.69) is 29.0 Å². The third kappa shape index (κ3) is 2.26. The third-order valence-corrected chi connectivity index (χ3v) is 4.34. The van der Waals surface area contributed by atoms with Crippen LogP contribution in [0.25, 0.3) is 33.3 Å². The molecule has 4 rings (SSSR count). The van der Waals surface area contributed by atoms with Crippen molar-refractivity contribution < 1.29 is 0 Å². The Labute approximate surface area is 139 Å². The number of nitriles is 1. The minimum Gasteiger partial charge on any atom is -0.361 e. The van der Waals surface area contributed by atoms with Gasteiger partial charge in [0.25, 0.3) is 0 Å². The van der Waals surface area contributed by atoms with Gasteiger partial charge in [-0.2, -0.15) is 5.26 Å².